The highest BCUT2D eigenvalue weighted by Gasteiger charge is 2.34. The number of aliphatic hydroxyl groups excluding tert-OH is 1. The molecule has 3 amide bonds. The highest BCUT2D eigenvalue weighted by molar-refractivity contribution is 6.76. The molecule has 0 saturated carbocycles. The van der Waals surface area contributed by atoms with Gasteiger partial charge in [0.1, 0.15) is 6.73 Å². The molecular formula is C38H66N4O7Si. The molecule has 0 saturated heterocycles. The number of hydrogen-bond donors (Lipinski definition) is 5. The monoisotopic (exact) mass is 718 g/mol. The quantitative estimate of drug-likeness (QED) is 0.0692. The molecule has 50 heavy (non-hydrogen) atoms. The molecule has 0 aliphatic carbocycles. The van der Waals surface area contributed by atoms with Crippen molar-refractivity contribution >= 4 is 36.9 Å². The van der Waals surface area contributed by atoms with E-state index >= 15 is 0 Å². The number of fused-ring (bicyclic) bond motifs is 1. The van der Waals surface area contributed by atoms with E-state index in [1.165, 1.54) is 10.9 Å². The fourth-order valence-corrected chi connectivity index (χ4v) is 6.88. The molecule has 1 heterocycles. The molecule has 1 aromatic carbocycles. The lowest BCUT2D eigenvalue weighted by Crippen LogP contribution is -2.48. The lowest BCUT2D eigenvalue weighted by Gasteiger charge is -2.32. The van der Waals surface area contributed by atoms with Gasteiger partial charge in [-0.25, -0.2) is 4.79 Å². The molecule has 11 nitrogen and oxygen atoms in total. The number of nitrogens with zero attached hydrogens (tertiary/aromatic N) is 1. The van der Waals surface area contributed by atoms with Crippen LogP contribution in [0.5, 0.6) is 0 Å². The van der Waals surface area contributed by atoms with Crippen LogP contribution in [0.4, 0.5) is 4.79 Å². The average molecular weight is 719 g/mol. The lowest BCUT2D eigenvalue weighted by molar-refractivity contribution is -0.130. The number of methoxy groups -OCH3 is 1. The molecule has 0 bridgehead atoms. The maximum atomic E-state index is 13.2. The molecule has 284 valence electrons. The lowest BCUT2D eigenvalue weighted by atomic mass is 9.80. The standard InChI is InChI=1S/C38H66N4O7Si/c1-25(2)29(20-32(41-37(46)47)34(43)21-30(26(3)4)35(44)40-23-38(5,6)36(39)45)18-27-13-14-33-31(19-27)28(12-11-15-48-7)22-42(33)24-49-16-17-50(8,9)10/h13-14,19,22,25-26,29-30,32,34,41,43H,11-12,15-18,20-21,23-24H2,1-10H3,(H2,39,45)(H,40,44)(H,46,47). The largest absolute Gasteiger partial charge is 0.465 e. The van der Waals surface area contributed by atoms with E-state index in [1.54, 1.807) is 21.0 Å². The molecular weight excluding hydrogens is 653 g/mol. The van der Waals surface area contributed by atoms with Crippen molar-refractivity contribution in [2.24, 2.45) is 34.8 Å². The SMILES string of the molecule is COCCCc1cn(COCC[Si](C)(C)C)c2ccc(CC(CC(NC(=O)O)C(O)CC(C(=O)NCC(C)(C)C(N)=O)C(C)C)C(C)C)cc12. The molecule has 12 heteroatoms. The van der Waals surface area contributed by atoms with E-state index in [2.05, 4.69) is 73.1 Å². The number of nitrogens with one attached hydrogen (secondary N) is 2. The zero-order chi connectivity index (χ0) is 37.8. The van der Waals surface area contributed by atoms with E-state index in [0.717, 1.165) is 36.6 Å². The summed E-state index contributed by atoms with van der Waals surface area (Å²) >= 11 is 0. The smallest absolute Gasteiger partial charge is 0.404 e. The van der Waals surface area contributed by atoms with Crippen LogP contribution in [0.3, 0.4) is 0 Å². The fraction of sp³-hybridized carbons (Fsp3) is 0.711. The first-order valence-electron chi connectivity index (χ1n) is 18.2. The summed E-state index contributed by atoms with van der Waals surface area (Å²) in [6.45, 7) is 20.4. The second kappa shape index (κ2) is 19.6. The number of carboxylic acid groups (broad SMARTS) is 1. The third-order valence-electron chi connectivity index (χ3n) is 9.83. The summed E-state index contributed by atoms with van der Waals surface area (Å²) < 4.78 is 13.6. The number of nitrogens with two attached hydrogens (primary N) is 1. The number of aliphatic hydroxyl groups is 1. The van der Waals surface area contributed by atoms with E-state index in [1.807, 2.05) is 13.8 Å². The first-order chi connectivity index (χ1) is 23.2. The summed E-state index contributed by atoms with van der Waals surface area (Å²) in [7, 11) is 0.525. The van der Waals surface area contributed by atoms with E-state index in [0.29, 0.717) is 26.2 Å². The second-order valence-electron chi connectivity index (χ2n) is 16.5. The molecule has 2 rings (SSSR count). The van der Waals surface area contributed by atoms with Crippen molar-refractivity contribution in [1.29, 1.82) is 0 Å². The number of carbonyl (C=O) groups excluding carboxylic acids is 2. The third-order valence-corrected chi connectivity index (χ3v) is 11.5. The van der Waals surface area contributed by atoms with Gasteiger partial charge in [0, 0.05) is 52.4 Å². The molecule has 0 aliphatic heterocycles. The van der Waals surface area contributed by atoms with Gasteiger partial charge >= 0.3 is 6.09 Å². The minimum atomic E-state index is -1.22. The topological polar surface area (TPSA) is 165 Å². The van der Waals surface area contributed by atoms with Gasteiger partial charge in [-0.05, 0) is 93.0 Å². The van der Waals surface area contributed by atoms with Gasteiger partial charge in [0.15, 0.2) is 0 Å². The molecule has 0 aliphatic rings. The molecule has 6 N–H and O–H groups in total. The van der Waals surface area contributed by atoms with Crippen molar-refractivity contribution in [3.8, 4) is 0 Å². The average Bonchev–Trinajstić information content (AvgIpc) is 3.35. The number of benzene rings is 1. The molecule has 2 aromatic rings. The minimum absolute atomic E-state index is 0.0468. The number of aromatic nitrogens is 1. The van der Waals surface area contributed by atoms with Crippen molar-refractivity contribution in [2.45, 2.75) is 118 Å². The van der Waals surface area contributed by atoms with Crippen LogP contribution in [0.25, 0.3) is 10.9 Å². The van der Waals surface area contributed by atoms with E-state index in [-0.39, 0.29) is 36.6 Å². The number of rotatable bonds is 23. The predicted octanol–water partition coefficient (Wildman–Crippen LogP) is 6.02. The molecule has 4 atom stereocenters. The Morgan fingerprint density at radius 2 is 1.72 bits per heavy atom. The Balaban J connectivity index is 2.29. The first-order valence-corrected chi connectivity index (χ1v) is 21.9. The molecule has 4 unspecified atom stereocenters. The second-order valence-corrected chi connectivity index (χ2v) is 22.2. The van der Waals surface area contributed by atoms with Crippen molar-refractivity contribution in [3.63, 3.8) is 0 Å². The van der Waals surface area contributed by atoms with Crippen LogP contribution < -0.4 is 16.4 Å². The van der Waals surface area contributed by atoms with Gasteiger partial charge in [0.05, 0.1) is 23.1 Å². The maximum absolute atomic E-state index is 13.2. The van der Waals surface area contributed by atoms with Gasteiger partial charge in [-0.15, -0.1) is 0 Å². The highest BCUT2D eigenvalue weighted by atomic mass is 28.3. The van der Waals surface area contributed by atoms with Crippen LogP contribution >= 0.6 is 0 Å². The Kier molecular flexibility index (Phi) is 17.0. The predicted molar refractivity (Wildman–Crippen MR) is 203 cm³/mol. The Bertz CT molecular complexity index is 1390. The fourth-order valence-electron chi connectivity index (χ4n) is 6.12. The summed E-state index contributed by atoms with van der Waals surface area (Å²) in [5, 5.41) is 27.8. The number of carbonyl (C=O) groups is 3. The Labute approximate surface area is 301 Å². The molecule has 0 radical (unpaired) electrons. The van der Waals surface area contributed by atoms with Crippen molar-refractivity contribution < 1.29 is 34.1 Å². The first kappa shape index (κ1) is 43.2. The molecule has 0 spiro atoms. The van der Waals surface area contributed by atoms with Crippen molar-refractivity contribution in [3.05, 3.63) is 35.5 Å². The molecule has 0 fully saturated rings. The number of amides is 3. The normalized spacial score (nSPS) is 14.9. The highest BCUT2D eigenvalue weighted by Crippen LogP contribution is 2.30. The number of primary amides is 1. The zero-order valence-electron chi connectivity index (χ0n) is 32.3. The van der Waals surface area contributed by atoms with Crippen LogP contribution in [-0.2, 0) is 38.6 Å². The van der Waals surface area contributed by atoms with Crippen LogP contribution in [-0.4, -0.2) is 79.8 Å². The summed E-state index contributed by atoms with van der Waals surface area (Å²) in [6.07, 6.45) is 2.83. The van der Waals surface area contributed by atoms with Crippen molar-refractivity contribution in [1.82, 2.24) is 15.2 Å². The third kappa shape index (κ3) is 14.0. The van der Waals surface area contributed by atoms with Crippen molar-refractivity contribution in [2.75, 3.05) is 26.9 Å². The van der Waals surface area contributed by atoms with Gasteiger partial charge < -0.3 is 40.6 Å². The van der Waals surface area contributed by atoms with Gasteiger partial charge in [0.2, 0.25) is 11.8 Å². The van der Waals surface area contributed by atoms with E-state index in [4.69, 9.17) is 15.2 Å². The van der Waals surface area contributed by atoms with Crippen LogP contribution in [0.1, 0.15) is 71.9 Å². The summed E-state index contributed by atoms with van der Waals surface area (Å²) in [4.78, 5) is 36.9. The number of ether oxygens (including phenoxy) is 2. The van der Waals surface area contributed by atoms with Crippen LogP contribution in [0.15, 0.2) is 24.4 Å². The zero-order valence-corrected chi connectivity index (χ0v) is 33.3. The van der Waals surface area contributed by atoms with Gasteiger partial charge in [0.25, 0.3) is 0 Å². The van der Waals surface area contributed by atoms with E-state index < -0.39 is 43.6 Å². The van der Waals surface area contributed by atoms with Gasteiger partial charge in [-0.3, -0.25) is 9.59 Å². The van der Waals surface area contributed by atoms with Gasteiger partial charge in [-0.1, -0.05) is 53.4 Å². The Hall–Kier alpha value is -2.93. The van der Waals surface area contributed by atoms with Gasteiger partial charge in [-0.2, -0.15) is 0 Å². The maximum Gasteiger partial charge on any atom is 0.404 e. The number of hydrogen-bond acceptors (Lipinski definition) is 6. The molecule has 1 aromatic heterocycles. The Morgan fingerprint density at radius 3 is 2.28 bits per heavy atom. The summed E-state index contributed by atoms with van der Waals surface area (Å²) in [5.74, 6) is -1.30. The Morgan fingerprint density at radius 1 is 1.04 bits per heavy atom. The van der Waals surface area contributed by atoms with E-state index in [9.17, 15) is 24.6 Å². The minimum Gasteiger partial charge on any atom is -0.465 e. The van der Waals surface area contributed by atoms with Crippen LogP contribution in [0, 0.1) is 29.1 Å². The summed E-state index contributed by atoms with van der Waals surface area (Å²) in [5.41, 5.74) is 8.05. The van der Waals surface area contributed by atoms with Crippen LogP contribution in [0.2, 0.25) is 25.7 Å². The number of aryl methyl sites for hydroxylation is 1. The summed E-state index contributed by atoms with van der Waals surface area (Å²) in [6, 6.07) is 6.86.